The van der Waals surface area contributed by atoms with Crippen LogP contribution in [0.15, 0.2) is 30.5 Å². The number of nitrogens with zero attached hydrogens (tertiary/aromatic N) is 1. The molecule has 2 rings (SSSR count). The van der Waals surface area contributed by atoms with Crippen molar-refractivity contribution in [2.45, 2.75) is 6.92 Å². The zero-order valence-electron chi connectivity index (χ0n) is 9.88. The fourth-order valence-corrected chi connectivity index (χ4v) is 1.77. The number of anilines is 1. The van der Waals surface area contributed by atoms with Crippen molar-refractivity contribution < 1.29 is 13.6 Å². The van der Waals surface area contributed by atoms with E-state index in [0.717, 1.165) is 18.2 Å². The minimum Gasteiger partial charge on any atom is -0.319 e. The van der Waals surface area contributed by atoms with Gasteiger partial charge in [-0.15, -0.1) is 0 Å². The molecule has 0 saturated carbocycles. The normalized spacial score (nSPS) is 10.3. The summed E-state index contributed by atoms with van der Waals surface area (Å²) in [5.41, 5.74) is 0.496. The number of benzene rings is 1. The number of pyridine rings is 1. The van der Waals surface area contributed by atoms with Gasteiger partial charge in [0.25, 0.3) is 5.91 Å². The van der Waals surface area contributed by atoms with Gasteiger partial charge in [0.1, 0.15) is 11.6 Å². The van der Waals surface area contributed by atoms with Crippen molar-refractivity contribution >= 4 is 23.2 Å². The molecule has 0 spiro atoms. The zero-order valence-corrected chi connectivity index (χ0v) is 10.6. The van der Waals surface area contributed by atoms with E-state index in [1.165, 1.54) is 12.3 Å². The Morgan fingerprint density at radius 2 is 2.05 bits per heavy atom. The number of carbonyl (C=O) groups excluding carboxylic acids is 1. The highest BCUT2D eigenvalue weighted by atomic mass is 35.5. The maximum Gasteiger partial charge on any atom is 0.258 e. The Balaban J connectivity index is 2.28. The number of hydrogen-bond acceptors (Lipinski definition) is 2. The van der Waals surface area contributed by atoms with E-state index in [2.05, 4.69) is 10.3 Å². The third-order valence-electron chi connectivity index (χ3n) is 2.41. The van der Waals surface area contributed by atoms with Gasteiger partial charge in [0.15, 0.2) is 0 Å². The highest BCUT2D eigenvalue weighted by Crippen LogP contribution is 2.20. The SMILES string of the molecule is Cc1cc(Cl)c(C(=O)Nc2cc(F)ccc2F)cn1. The Labute approximate surface area is 113 Å². The standard InChI is InChI=1S/C13H9ClF2N2O/c1-7-4-10(14)9(6-17-7)13(19)18-12-5-8(15)2-3-11(12)16/h2-6H,1H3,(H,18,19). The van der Waals surface area contributed by atoms with Gasteiger partial charge in [0.05, 0.1) is 16.3 Å². The smallest absolute Gasteiger partial charge is 0.258 e. The van der Waals surface area contributed by atoms with Crippen LogP contribution in [0, 0.1) is 18.6 Å². The van der Waals surface area contributed by atoms with Crippen molar-refractivity contribution in [2.24, 2.45) is 0 Å². The van der Waals surface area contributed by atoms with Gasteiger partial charge in [-0.3, -0.25) is 9.78 Å². The summed E-state index contributed by atoms with van der Waals surface area (Å²) in [6, 6.07) is 4.30. The highest BCUT2D eigenvalue weighted by Gasteiger charge is 2.13. The third kappa shape index (κ3) is 3.06. The lowest BCUT2D eigenvalue weighted by molar-refractivity contribution is 0.102. The summed E-state index contributed by atoms with van der Waals surface area (Å²) in [6.07, 6.45) is 1.28. The molecular formula is C13H9ClF2N2O. The van der Waals surface area contributed by atoms with Crippen LogP contribution in [0.5, 0.6) is 0 Å². The largest absolute Gasteiger partial charge is 0.319 e. The van der Waals surface area contributed by atoms with E-state index in [0.29, 0.717) is 5.69 Å². The van der Waals surface area contributed by atoms with Gasteiger partial charge >= 0.3 is 0 Å². The second-order valence-corrected chi connectivity index (χ2v) is 4.29. The van der Waals surface area contributed by atoms with Crippen LogP contribution in [0.25, 0.3) is 0 Å². The summed E-state index contributed by atoms with van der Waals surface area (Å²) < 4.78 is 26.4. The Bertz CT molecular complexity index is 647. The number of halogens is 3. The summed E-state index contributed by atoms with van der Waals surface area (Å²) in [5, 5.41) is 2.45. The minimum absolute atomic E-state index is 0.0935. The van der Waals surface area contributed by atoms with Crippen LogP contribution in [-0.2, 0) is 0 Å². The first-order valence-electron chi connectivity index (χ1n) is 5.36. The average molecular weight is 283 g/mol. The monoisotopic (exact) mass is 282 g/mol. The fourth-order valence-electron chi connectivity index (χ4n) is 1.48. The van der Waals surface area contributed by atoms with E-state index >= 15 is 0 Å². The molecule has 0 fully saturated rings. The maximum atomic E-state index is 13.4. The van der Waals surface area contributed by atoms with E-state index in [4.69, 9.17) is 11.6 Å². The Kier molecular flexibility index (Phi) is 3.76. The molecule has 1 N–H and O–H groups in total. The number of aromatic nitrogens is 1. The van der Waals surface area contributed by atoms with E-state index in [1.54, 1.807) is 6.92 Å². The lowest BCUT2D eigenvalue weighted by Crippen LogP contribution is -2.14. The average Bonchev–Trinajstić information content (AvgIpc) is 2.33. The van der Waals surface area contributed by atoms with Crippen molar-refractivity contribution in [1.29, 1.82) is 0 Å². The minimum atomic E-state index is -0.731. The molecule has 0 bridgehead atoms. The van der Waals surface area contributed by atoms with Crippen molar-refractivity contribution in [3.8, 4) is 0 Å². The van der Waals surface area contributed by atoms with Crippen LogP contribution in [0.2, 0.25) is 5.02 Å². The topological polar surface area (TPSA) is 42.0 Å². The molecule has 0 saturated heterocycles. The van der Waals surface area contributed by atoms with Crippen molar-refractivity contribution in [2.75, 3.05) is 5.32 Å². The summed E-state index contributed by atoms with van der Waals surface area (Å²) in [6.45, 7) is 1.72. The second kappa shape index (κ2) is 5.32. The van der Waals surface area contributed by atoms with Crippen molar-refractivity contribution in [3.63, 3.8) is 0 Å². The molecule has 1 amide bonds. The lowest BCUT2D eigenvalue weighted by Gasteiger charge is -2.08. The van der Waals surface area contributed by atoms with Gasteiger partial charge < -0.3 is 5.32 Å². The third-order valence-corrected chi connectivity index (χ3v) is 2.72. The summed E-state index contributed by atoms with van der Waals surface area (Å²) in [5.74, 6) is -2.03. The molecule has 0 aliphatic heterocycles. The van der Waals surface area contributed by atoms with Gasteiger partial charge in [-0.1, -0.05) is 11.6 Å². The molecule has 1 aromatic carbocycles. The van der Waals surface area contributed by atoms with Crippen LogP contribution < -0.4 is 5.32 Å². The first-order valence-corrected chi connectivity index (χ1v) is 5.73. The number of hydrogen-bond donors (Lipinski definition) is 1. The first-order chi connectivity index (χ1) is 8.97. The van der Waals surface area contributed by atoms with Crippen LogP contribution in [0.4, 0.5) is 14.5 Å². The quantitative estimate of drug-likeness (QED) is 0.915. The molecule has 2 aromatic rings. The molecule has 0 aliphatic carbocycles. The number of nitrogens with one attached hydrogen (secondary N) is 1. The molecule has 0 radical (unpaired) electrons. The van der Waals surface area contributed by atoms with Crippen LogP contribution in [-0.4, -0.2) is 10.9 Å². The molecule has 19 heavy (non-hydrogen) atoms. The van der Waals surface area contributed by atoms with Gasteiger partial charge in [0, 0.05) is 18.0 Å². The number of amides is 1. The van der Waals surface area contributed by atoms with Crippen LogP contribution in [0.3, 0.4) is 0 Å². The molecule has 1 heterocycles. The molecule has 3 nitrogen and oxygen atoms in total. The summed E-state index contributed by atoms with van der Waals surface area (Å²) >= 11 is 5.89. The van der Waals surface area contributed by atoms with E-state index in [9.17, 15) is 13.6 Å². The van der Waals surface area contributed by atoms with Gasteiger partial charge in [-0.25, -0.2) is 8.78 Å². The number of carbonyl (C=O) groups is 1. The van der Waals surface area contributed by atoms with E-state index in [-0.39, 0.29) is 16.3 Å². The molecule has 6 heteroatoms. The van der Waals surface area contributed by atoms with Crippen molar-refractivity contribution in [3.05, 3.63) is 58.4 Å². The van der Waals surface area contributed by atoms with Gasteiger partial charge in [0.2, 0.25) is 0 Å². The molecule has 0 unspecified atom stereocenters. The van der Waals surface area contributed by atoms with Crippen LogP contribution >= 0.6 is 11.6 Å². The first kappa shape index (κ1) is 13.4. The highest BCUT2D eigenvalue weighted by molar-refractivity contribution is 6.34. The predicted octanol–water partition coefficient (Wildman–Crippen LogP) is 3.57. The maximum absolute atomic E-state index is 13.4. The Morgan fingerprint density at radius 3 is 2.74 bits per heavy atom. The fraction of sp³-hybridized carbons (Fsp3) is 0.0769. The predicted molar refractivity (Wildman–Crippen MR) is 68.3 cm³/mol. The van der Waals surface area contributed by atoms with Gasteiger partial charge in [-0.05, 0) is 25.1 Å². The number of aryl methyl sites for hydroxylation is 1. The summed E-state index contributed by atoms with van der Waals surface area (Å²) in [7, 11) is 0. The van der Waals surface area contributed by atoms with E-state index < -0.39 is 17.5 Å². The summed E-state index contributed by atoms with van der Waals surface area (Å²) in [4.78, 5) is 15.8. The Hall–Kier alpha value is -2.01. The second-order valence-electron chi connectivity index (χ2n) is 3.88. The van der Waals surface area contributed by atoms with Crippen molar-refractivity contribution in [1.82, 2.24) is 4.98 Å². The van der Waals surface area contributed by atoms with E-state index in [1.807, 2.05) is 0 Å². The molecular weight excluding hydrogens is 274 g/mol. The number of rotatable bonds is 2. The molecule has 1 aromatic heterocycles. The lowest BCUT2D eigenvalue weighted by atomic mass is 10.2. The molecule has 98 valence electrons. The molecule has 0 atom stereocenters. The zero-order chi connectivity index (χ0) is 14.0. The van der Waals surface area contributed by atoms with Gasteiger partial charge in [-0.2, -0.15) is 0 Å². The molecule has 0 aliphatic rings. The van der Waals surface area contributed by atoms with Crippen LogP contribution in [0.1, 0.15) is 16.1 Å². The Morgan fingerprint density at radius 1 is 1.32 bits per heavy atom.